The lowest BCUT2D eigenvalue weighted by Crippen LogP contribution is -2.29. The summed E-state index contributed by atoms with van der Waals surface area (Å²) in [6, 6.07) is 14.7. The van der Waals surface area contributed by atoms with Crippen molar-refractivity contribution in [3.63, 3.8) is 0 Å². The molecule has 0 unspecified atom stereocenters. The zero-order valence-electron chi connectivity index (χ0n) is 13.2. The minimum Gasteiger partial charge on any atom is -0.283 e. The first-order chi connectivity index (χ1) is 12.1. The van der Waals surface area contributed by atoms with E-state index >= 15 is 0 Å². The highest BCUT2D eigenvalue weighted by molar-refractivity contribution is 8.18. The predicted octanol–water partition coefficient (Wildman–Crippen LogP) is 5.78. The van der Waals surface area contributed by atoms with E-state index < -0.39 is 0 Å². The summed E-state index contributed by atoms with van der Waals surface area (Å²) in [6.07, 6.45) is 3.44. The van der Waals surface area contributed by atoms with Crippen LogP contribution in [-0.2, 0) is 4.79 Å². The van der Waals surface area contributed by atoms with Crippen LogP contribution in [0.25, 0.3) is 6.08 Å². The molecule has 1 fully saturated rings. The topological polar surface area (TPSA) is 32.7 Å². The molecule has 0 N–H and O–H groups in total. The zero-order valence-corrected chi connectivity index (χ0v) is 15.5. The molecule has 1 saturated heterocycles. The maximum absolute atomic E-state index is 12.7. The summed E-state index contributed by atoms with van der Waals surface area (Å²) in [6.45, 7) is 4.11. The maximum Gasteiger partial charge on any atom is 0.267 e. The molecule has 126 valence electrons. The molecular formula is C19H14Cl2N2OS. The predicted molar refractivity (Wildman–Crippen MR) is 107 cm³/mol. The number of aliphatic imine (C=N–C) groups is 1. The van der Waals surface area contributed by atoms with E-state index in [0.29, 0.717) is 26.7 Å². The SMILES string of the molecule is C=CCN1C(=O)/C(=C\c2ccc(Cl)cc2Cl)SC1=Nc1ccccc1. The third kappa shape index (κ3) is 4.15. The number of thioether (sulfide) groups is 1. The van der Waals surface area contributed by atoms with E-state index in [1.165, 1.54) is 11.8 Å². The van der Waals surface area contributed by atoms with Crippen molar-refractivity contribution >= 4 is 57.8 Å². The normalized spacial score (nSPS) is 17.5. The van der Waals surface area contributed by atoms with Gasteiger partial charge >= 0.3 is 0 Å². The van der Waals surface area contributed by atoms with Gasteiger partial charge in [-0.1, -0.05) is 53.5 Å². The van der Waals surface area contributed by atoms with E-state index in [2.05, 4.69) is 11.6 Å². The molecule has 1 aliphatic heterocycles. The van der Waals surface area contributed by atoms with Crippen molar-refractivity contribution in [1.29, 1.82) is 0 Å². The Morgan fingerprint density at radius 3 is 2.60 bits per heavy atom. The molecule has 2 aromatic rings. The van der Waals surface area contributed by atoms with Crippen molar-refractivity contribution in [2.24, 2.45) is 4.99 Å². The number of hydrogen-bond donors (Lipinski definition) is 0. The lowest BCUT2D eigenvalue weighted by atomic mass is 10.2. The number of amides is 1. The van der Waals surface area contributed by atoms with Crippen LogP contribution in [0.2, 0.25) is 10.0 Å². The fourth-order valence-corrected chi connectivity index (χ4v) is 3.72. The number of para-hydroxylation sites is 1. The molecule has 1 aliphatic rings. The molecule has 0 spiro atoms. The van der Waals surface area contributed by atoms with E-state index in [4.69, 9.17) is 23.2 Å². The van der Waals surface area contributed by atoms with E-state index in [1.54, 1.807) is 35.3 Å². The van der Waals surface area contributed by atoms with Crippen molar-refractivity contribution < 1.29 is 4.79 Å². The number of carbonyl (C=O) groups is 1. The molecule has 0 aliphatic carbocycles. The zero-order chi connectivity index (χ0) is 17.8. The molecule has 25 heavy (non-hydrogen) atoms. The summed E-state index contributed by atoms with van der Waals surface area (Å²) < 4.78 is 0. The van der Waals surface area contributed by atoms with Crippen LogP contribution in [0.1, 0.15) is 5.56 Å². The van der Waals surface area contributed by atoms with Gasteiger partial charge in [0.15, 0.2) is 5.17 Å². The van der Waals surface area contributed by atoms with Crippen LogP contribution in [0.5, 0.6) is 0 Å². The number of halogens is 2. The molecule has 0 saturated carbocycles. The van der Waals surface area contributed by atoms with Crippen molar-refractivity contribution in [2.45, 2.75) is 0 Å². The molecule has 3 nitrogen and oxygen atoms in total. The number of carbonyl (C=O) groups excluding carboxylic acids is 1. The maximum atomic E-state index is 12.7. The van der Waals surface area contributed by atoms with Crippen molar-refractivity contribution in [2.75, 3.05) is 6.54 Å². The molecule has 2 aromatic carbocycles. The number of benzene rings is 2. The Bertz CT molecular complexity index is 878. The van der Waals surface area contributed by atoms with E-state index in [1.807, 2.05) is 30.3 Å². The second-order valence-corrected chi connectivity index (χ2v) is 7.06. The lowest BCUT2D eigenvalue weighted by Gasteiger charge is -2.12. The minimum absolute atomic E-state index is 0.120. The first-order valence-electron chi connectivity index (χ1n) is 7.49. The van der Waals surface area contributed by atoms with E-state index in [-0.39, 0.29) is 5.91 Å². The number of hydrogen-bond acceptors (Lipinski definition) is 3. The van der Waals surface area contributed by atoms with E-state index in [0.717, 1.165) is 11.3 Å². The van der Waals surface area contributed by atoms with Gasteiger partial charge in [0, 0.05) is 16.6 Å². The van der Waals surface area contributed by atoms with Crippen LogP contribution in [0.3, 0.4) is 0 Å². The first-order valence-corrected chi connectivity index (χ1v) is 9.07. The van der Waals surface area contributed by atoms with Crippen molar-refractivity contribution in [1.82, 2.24) is 4.90 Å². The minimum atomic E-state index is -0.120. The van der Waals surface area contributed by atoms with Crippen LogP contribution in [-0.4, -0.2) is 22.5 Å². The first kappa shape index (κ1) is 17.8. The van der Waals surface area contributed by atoms with Crippen molar-refractivity contribution in [3.05, 3.63) is 81.7 Å². The van der Waals surface area contributed by atoms with Gasteiger partial charge in [0.2, 0.25) is 0 Å². The highest BCUT2D eigenvalue weighted by Gasteiger charge is 2.32. The average molecular weight is 389 g/mol. The summed E-state index contributed by atoms with van der Waals surface area (Å²) in [5.41, 5.74) is 1.53. The summed E-state index contributed by atoms with van der Waals surface area (Å²) in [7, 11) is 0. The molecule has 0 aromatic heterocycles. The second kappa shape index (κ2) is 7.91. The van der Waals surface area contributed by atoms with Gasteiger partial charge in [-0.2, -0.15) is 0 Å². The summed E-state index contributed by atoms with van der Waals surface area (Å²) >= 11 is 13.5. The Morgan fingerprint density at radius 2 is 1.92 bits per heavy atom. The molecule has 6 heteroatoms. The van der Waals surface area contributed by atoms with Gasteiger partial charge < -0.3 is 0 Å². The summed E-state index contributed by atoms with van der Waals surface area (Å²) in [4.78, 5) is 19.5. The largest absolute Gasteiger partial charge is 0.283 e. The number of rotatable bonds is 4. The smallest absolute Gasteiger partial charge is 0.267 e. The molecule has 1 amide bonds. The quantitative estimate of drug-likeness (QED) is 0.490. The molecule has 0 atom stereocenters. The van der Waals surface area contributed by atoms with Gasteiger partial charge in [-0.15, -0.1) is 6.58 Å². The molecule has 0 bridgehead atoms. The van der Waals surface area contributed by atoms with Gasteiger partial charge in [0.05, 0.1) is 10.6 Å². The van der Waals surface area contributed by atoms with Crippen LogP contribution in [0.4, 0.5) is 5.69 Å². The van der Waals surface area contributed by atoms with Crippen LogP contribution >= 0.6 is 35.0 Å². The standard InChI is InChI=1S/C19H14Cl2N2OS/c1-2-10-23-18(24)17(11-13-8-9-14(20)12-16(13)21)25-19(23)22-15-6-4-3-5-7-15/h2-9,11-12H,1,10H2/b17-11+,22-19?. The summed E-state index contributed by atoms with van der Waals surface area (Å²) in [5, 5.41) is 1.67. The van der Waals surface area contributed by atoms with Gasteiger partial charge in [-0.3, -0.25) is 9.69 Å². The van der Waals surface area contributed by atoms with Crippen LogP contribution in [0, 0.1) is 0 Å². The molecular weight excluding hydrogens is 375 g/mol. The third-order valence-electron chi connectivity index (χ3n) is 3.43. The number of nitrogens with zero attached hydrogens (tertiary/aromatic N) is 2. The van der Waals surface area contributed by atoms with E-state index in [9.17, 15) is 4.79 Å². The van der Waals surface area contributed by atoms with Crippen LogP contribution in [0.15, 0.2) is 71.1 Å². The second-order valence-electron chi connectivity index (χ2n) is 5.21. The van der Waals surface area contributed by atoms with Gasteiger partial charge in [0.25, 0.3) is 5.91 Å². The monoisotopic (exact) mass is 388 g/mol. The average Bonchev–Trinajstić information content (AvgIpc) is 2.87. The van der Waals surface area contributed by atoms with Gasteiger partial charge in [-0.05, 0) is 47.7 Å². The fourth-order valence-electron chi connectivity index (χ4n) is 2.25. The number of amidine groups is 1. The Morgan fingerprint density at radius 1 is 1.16 bits per heavy atom. The Labute approximate surface area is 160 Å². The molecule has 0 radical (unpaired) electrons. The van der Waals surface area contributed by atoms with Crippen molar-refractivity contribution in [3.8, 4) is 0 Å². The third-order valence-corrected chi connectivity index (χ3v) is 5.00. The van der Waals surface area contributed by atoms with Gasteiger partial charge in [-0.25, -0.2) is 4.99 Å². The summed E-state index contributed by atoms with van der Waals surface area (Å²) in [5.74, 6) is -0.120. The molecule has 1 heterocycles. The van der Waals surface area contributed by atoms with Gasteiger partial charge in [0.1, 0.15) is 0 Å². The Kier molecular flexibility index (Phi) is 5.63. The highest BCUT2D eigenvalue weighted by Crippen LogP contribution is 2.35. The lowest BCUT2D eigenvalue weighted by molar-refractivity contribution is -0.121. The fraction of sp³-hybridized carbons (Fsp3) is 0.0526. The Balaban J connectivity index is 1.97. The Hall–Kier alpha value is -2.01. The van der Waals surface area contributed by atoms with Crippen LogP contribution < -0.4 is 0 Å². The highest BCUT2D eigenvalue weighted by atomic mass is 35.5. The molecule has 3 rings (SSSR count).